The Balaban J connectivity index is 2.68. The van der Waals surface area contributed by atoms with Gasteiger partial charge in [-0.2, -0.15) is 0 Å². The second-order valence-electron chi connectivity index (χ2n) is 4.26. The standard InChI is InChI=1S/C13H17BrN2O3/c1-3-4-10(12(17)18)15-13(19)16-11-7-8(2)5-6-9(11)14/h5-7,10H,3-4H2,1-2H3,(H,17,18)(H2,15,16,19)/t10-/m0/s1. The second-order valence-corrected chi connectivity index (χ2v) is 5.12. The number of carboxylic acid groups (broad SMARTS) is 1. The lowest BCUT2D eigenvalue weighted by atomic mass is 10.2. The zero-order valence-electron chi connectivity index (χ0n) is 10.9. The number of benzene rings is 1. The third-order valence-electron chi connectivity index (χ3n) is 2.55. The highest BCUT2D eigenvalue weighted by Crippen LogP contribution is 2.23. The summed E-state index contributed by atoms with van der Waals surface area (Å²) >= 11 is 3.33. The zero-order chi connectivity index (χ0) is 14.4. The number of hydrogen-bond acceptors (Lipinski definition) is 2. The second kappa shape index (κ2) is 7.13. The molecule has 104 valence electrons. The summed E-state index contributed by atoms with van der Waals surface area (Å²) in [5.41, 5.74) is 1.61. The van der Waals surface area contributed by atoms with Gasteiger partial charge in [0, 0.05) is 4.47 Å². The van der Waals surface area contributed by atoms with Crippen LogP contribution in [0.3, 0.4) is 0 Å². The van der Waals surface area contributed by atoms with Gasteiger partial charge in [0.2, 0.25) is 0 Å². The molecule has 0 radical (unpaired) electrons. The van der Waals surface area contributed by atoms with E-state index in [4.69, 9.17) is 5.11 Å². The van der Waals surface area contributed by atoms with Crippen molar-refractivity contribution in [3.8, 4) is 0 Å². The molecule has 0 saturated carbocycles. The summed E-state index contributed by atoms with van der Waals surface area (Å²) in [4.78, 5) is 22.7. The van der Waals surface area contributed by atoms with Crippen molar-refractivity contribution < 1.29 is 14.7 Å². The first-order valence-electron chi connectivity index (χ1n) is 6.00. The lowest BCUT2D eigenvalue weighted by Gasteiger charge is -2.15. The predicted molar refractivity (Wildman–Crippen MR) is 77.4 cm³/mol. The van der Waals surface area contributed by atoms with Crippen LogP contribution in [-0.2, 0) is 4.79 Å². The van der Waals surface area contributed by atoms with E-state index in [0.717, 1.165) is 10.0 Å². The van der Waals surface area contributed by atoms with E-state index in [1.807, 2.05) is 26.0 Å². The Hall–Kier alpha value is -1.56. The van der Waals surface area contributed by atoms with E-state index in [1.54, 1.807) is 6.07 Å². The molecule has 6 heteroatoms. The molecule has 0 unspecified atom stereocenters. The summed E-state index contributed by atoms with van der Waals surface area (Å²) in [7, 11) is 0. The summed E-state index contributed by atoms with van der Waals surface area (Å²) in [6.45, 7) is 3.78. The van der Waals surface area contributed by atoms with Crippen LogP contribution in [0.15, 0.2) is 22.7 Å². The Labute approximate surface area is 120 Å². The number of amides is 2. The van der Waals surface area contributed by atoms with Crippen molar-refractivity contribution in [2.24, 2.45) is 0 Å². The van der Waals surface area contributed by atoms with Crippen molar-refractivity contribution in [1.82, 2.24) is 5.32 Å². The highest BCUT2D eigenvalue weighted by atomic mass is 79.9. The quantitative estimate of drug-likeness (QED) is 0.776. The molecular formula is C13H17BrN2O3. The first-order valence-corrected chi connectivity index (χ1v) is 6.79. The molecule has 0 heterocycles. The molecule has 1 aromatic rings. The molecule has 0 aliphatic heterocycles. The van der Waals surface area contributed by atoms with Crippen LogP contribution in [0.2, 0.25) is 0 Å². The number of aryl methyl sites for hydroxylation is 1. The smallest absolute Gasteiger partial charge is 0.326 e. The largest absolute Gasteiger partial charge is 0.480 e. The van der Waals surface area contributed by atoms with Crippen LogP contribution in [0.5, 0.6) is 0 Å². The van der Waals surface area contributed by atoms with Crippen LogP contribution in [0, 0.1) is 6.92 Å². The van der Waals surface area contributed by atoms with Crippen molar-refractivity contribution in [1.29, 1.82) is 0 Å². The fraction of sp³-hybridized carbons (Fsp3) is 0.385. The predicted octanol–water partition coefficient (Wildman–Crippen LogP) is 3.13. The van der Waals surface area contributed by atoms with Gasteiger partial charge in [0.15, 0.2) is 0 Å². The molecule has 1 rings (SSSR count). The maximum Gasteiger partial charge on any atom is 0.326 e. The molecule has 3 N–H and O–H groups in total. The molecule has 2 amide bonds. The average molecular weight is 329 g/mol. The van der Waals surface area contributed by atoms with E-state index in [2.05, 4.69) is 26.6 Å². The normalized spacial score (nSPS) is 11.7. The van der Waals surface area contributed by atoms with Crippen LogP contribution in [0.25, 0.3) is 0 Å². The summed E-state index contributed by atoms with van der Waals surface area (Å²) in [6, 6.07) is 4.15. The van der Waals surface area contributed by atoms with Crippen molar-refractivity contribution in [3.05, 3.63) is 28.2 Å². The van der Waals surface area contributed by atoms with Gasteiger partial charge >= 0.3 is 12.0 Å². The number of halogens is 1. The lowest BCUT2D eigenvalue weighted by Crippen LogP contribution is -2.42. The van der Waals surface area contributed by atoms with E-state index in [9.17, 15) is 9.59 Å². The number of nitrogens with one attached hydrogen (secondary N) is 2. The molecular weight excluding hydrogens is 312 g/mol. The minimum Gasteiger partial charge on any atom is -0.480 e. The Morgan fingerprint density at radius 1 is 1.42 bits per heavy atom. The van der Waals surface area contributed by atoms with E-state index >= 15 is 0 Å². The van der Waals surface area contributed by atoms with Crippen molar-refractivity contribution in [3.63, 3.8) is 0 Å². The third kappa shape index (κ3) is 4.90. The Kier molecular flexibility index (Phi) is 5.82. The van der Waals surface area contributed by atoms with Crippen molar-refractivity contribution in [2.75, 3.05) is 5.32 Å². The van der Waals surface area contributed by atoms with Gasteiger partial charge in [-0.1, -0.05) is 19.4 Å². The summed E-state index contributed by atoms with van der Waals surface area (Å²) in [5, 5.41) is 14.0. The summed E-state index contributed by atoms with van der Waals surface area (Å²) in [5.74, 6) is -1.03. The molecule has 0 bridgehead atoms. The average Bonchev–Trinajstić information content (AvgIpc) is 2.33. The molecule has 0 aliphatic carbocycles. The van der Waals surface area contributed by atoms with Gasteiger partial charge in [-0.15, -0.1) is 0 Å². The van der Waals surface area contributed by atoms with Gasteiger partial charge < -0.3 is 15.7 Å². The zero-order valence-corrected chi connectivity index (χ0v) is 12.5. The van der Waals surface area contributed by atoms with Crippen molar-refractivity contribution in [2.45, 2.75) is 32.7 Å². The number of urea groups is 1. The van der Waals surface area contributed by atoms with Crippen molar-refractivity contribution >= 4 is 33.6 Å². The maximum absolute atomic E-state index is 11.8. The molecule has 1 atom stereocenters. The molecule has 5 nitrogen and oxygen atoms in total. The minimum atomic E-state index is -1.03. The summed E-state index contributed by atoms with van der Waals surface area (Å²) in [6.07, 6.45) is 1.09. The molecule has 0 spiro atoms. The highest BCUT2D eigenvalue weighted by molar-refractivity contribution is 9.10. The van der Waals surface area contributed by atoms with E-state index < -0.39 is 18.0 Å². The molecule has 1 aromatic carbocycles. The number of anilines is 1. The topological polar surface area (TPSA) is 78.4 Å². The van der Waals surface area contributed by atoms with Crippen LogP contribution in [0.1, 0.15) is 25.3 Å². The van der Waals surface area contributed by atoms with Crippen LogP contribution in [0.4, 0.5) is 10.5 Å². The van der Waals surface area contributed by atoms with Crippen LogP contribution < -0.4 is 10.6 Å². The molecule has 0 aromatic heterocycles. The van der Waals surface area contributed by atoms with Gasteiger partial charge in [0.1, 0.15) is 6.04 Å². The van der Waals surface area contributed by atoms with Gasteiger partial charge in [0.05, 0.1) is 5.69 Å². The first kappa shape index (κ1) is 15.5. The van der Waals surface area contributed by atoms with E-state index in [-0.39, 0.29) is 0 Å². The van der Waals surface area contributed by atoms with Crippen LogP contribution >= 0.6 is 15.9 Å². The van der Waals surface area contributed by atoms with Gasteiger partial charge in [-0.25, -0.2) is 9.59 Å². The van der Waals surface area contributed by atoms with Gasteiger partial charge in [-0.3, -0.25) is 0 Å². The minimum absolute atomic E-state index is 0.401. The van der Waals surface area contributed by atoms with Gasteiger partial charge in [-0.05, 0) is 47.0 Å². The third-order valence-corrected chi connectivity index (χ3v) is 3.24. The highest BCUT2D eigenvalue weighted by Gasteiger charge is 2.18. The molecule has 0 saturated heterocycles. The fourth-order valence-corrected chi connectivity index (χ4v) is 1.94. The number of carboxylic acids is 1. The number of aliphatic carboxylic acids is 1. The van der Waals surface area contributed by atoms with E-state index in [1.165, 1.54) is 0 Å². The number of rotatable bonds is 5. The van der Waals surface area contributed by atoms with E-state index in [0.29, 0.717) is 18.5 Å². The SMILES string of the molecule is CCC[C@H](NC(=O)Nc1cc(C)ccc1Br)C(=O)O. The summed E-state index contributed by atoms with van der Waals surface area (Å²) < 4.78 is 0.746. The van der Waals surface area contributed by atoms with Gasteiger partial charge in [0.25, 0.3) is 0 Å². The monoisotopic (exact) mass is 328 g/mol. The Bertz CT molecular complexity index is 477. The molecule has 19 heavy (non-hydrogen) atoms. The maximum atomic E-state index is 11.8. The van der Waals surface area contributed by atoms with Crippen LogP contribution in [-0.4, -0.2) is 23.1 Å². The fourth-order valence-electron chi connectivity index (χ4n) is 1.60. The number of carbonyl (C=O) groups excluding carboxylic acids is 1. The Morgan fingerprint density at radius 3 is 2.68 bits per heavy atom. The number of carbonyl (C=O) groups is 2. The Morgan fingerprint density at radius 2 is 2.11 bits per heavy atom. The molecule has 0 fully saturated rings. The molecule has 0 aliphatic rings. The first-order chi connectivity index (χ1) is 8.93. The lowest BCUT2D eigenvalue weighted by molar-refractivity contribution is -0.139. The number of hydrogen-bond donors (Lipinski definition) is 3.